The van der Waals surface area contributed by atoms with Gasteiger partial charge in [0.25, 0.3) is 0 Å². The third-order valence-electron chi connectivity index (χ3n) is 3.63. The quantitative estimate of drug-likeness (QED) is 0.632. The van der Waals surface area contributed by atoms with Crippen molar-refractivity contribution in [3.05, 3.63) is 47.0 Å². The lowest BCUT2D eigenvalue weighted by Gasteiger charge is -2.10. The van der Waals surface area contributed by atoms with Gasteiger partial charge in [-0.05, 0) is 42.0 Å². The summed E-state index contributed by atoms with van der Waals surface area (Å²) in [5, 5.41) is 4.10. The lowest BCUT2D eigenvalue weighted by Crippen LogP contribution is -2.00. The second-order valence-corrected chi connectivity index (χ2v) is 6.34. The summed E-state index contributed by atoms with van der Waals surface area (Å²) < 4.78 is 16.9. The molecule has 2 aromatic carbocycles. The Labute approximate surface area is 150 Å². The van der Waals surface area contributed by atoms with Crippen molar-refractivity contribution in [3.63, 3.8) is 0 Å². The molecule has 6 heteroatoms. The van der Waals surface area contributed by atoms with Gasteiger partial charge in [-0.1, -0.05) is 12.1 Å². The fourth-order valence-corrected chi connectivity index (χ4v) is 3.28. The molecule has 0 aliphatic rings. The molecule has 25 heavy (non-hydrogen) atoms. The molecule has 1 N–H and O–H groups in total. The van der Waals surface area contributed by atoms with E-state index in [-0.39, 0.29) is 6.79 Å². The number of nitrogens with zero attached hydrogens (tertiary/aromatic N) is 1. The summed E-state index contributed by atoms with van der Waals surface area (Å²) in [4.78, 5) is 4.64. The first-order valence-corrected chi connectivity index (χ1v) is 8.61. The van der Waals surface area contributed by atoms with Crippen LogP contribution in [0.15, 0.2) is 36.4 Å². The average Bonchev–Trinajstić information content (AvgIpc) is 3.06. The van der Waals surface area contributed by atoms with Crippen molar-refractivity contribution < 1.29 is 14.2 Å². The number of thiazole rings is 1. The Morgan fingerprint density at radius 2 is 1.96 bits per heavy atom. The highest BCUT2D eigenvalue weighted by atomic mass is 32.1. The molecule has 0 aliphatic carbocycles. The lowest BCUT2D eigenvalue weighted by molar-refractivity contribution is 0.0491. The van der Waals surface area contributed by atoms with E-state index in [1.807, 2.05) is 49.5 Å². The van der Waals surface area contributed by atoms with Crippen LogP contribution in [0.1, 0.15) is 10.6 Å². The molecule has 0 saturated heterocycles. The van der Waals surface area contributed by atoms with Crippen LogP contribution < -0.4 is 14.8 Å². The number of hydrogen-bond acceptors (Lipinski definition) is 6. The van der Waals surface area contributed by atoms with E-state index in [2.05, 4.69) is 16.4 Å². The van der Waals surface area contributed by atoms with Crippen molar-refractivity contribution in [3.8, 4) is 11.5 Å². The predicted molar refractivity (Wildman–Crippen MR) is 104 cm³/mol. The summed E-state index contributed by atoms with van der Waals surface area (Å²) in [7, 11) is 5.12. The highest BCUT2D eigenvalue weighted by Gasteiger charge is 2.05. The second kappa shape index (κ2) is 8.00. The molecule has 130 valence electrons. The fraction of sp³-hybridized carbons (Fsp3) is 0.211. The fourth-order valence-electron chi connectivity index (χ4n) is 2.37. The van der Waals surface area contributed by atoms with Crippen LogP contribution in [-0.2, 0) is 4.74 Å². The molecule has 0 atom stereocenters. The first-order valence-electron chi connectivity index (χ1n) is 7.79. The molecule has 0 aliphatic heterocycles. The van der Waals surface area contributed by atoms with Crippen molar-refractivity contribution in [2.24, 2.45) is 0 Å². The summed E-state index contributed by atoms with van der Waals surface area (Å²) >= 11 is 1.66. The number of anilines is 1. The van der Waals surface area contributed by atoms with Gasteiger partial charge in [-0.3, -0.25) is 0 Å². The normalized spacial score (nSPS) is 11.2. The van der Waals surface area contributed by atoms with Gasteiger partial charge in [0.05, 0.1) is 17.3 Å². The third kappa shape index (κ3) is 4.10. The summed E-state index contributed by atoms with van der Waals surface area (Å²) in [5.41, 5.74) is 3.10. The Kier molecular flexibility index (Phi) is 5.53. The lowest BCUT2D eigenvalue weighted by atomic mass is 10.2. The minimum absolute atomic E-state index is 0.186. The van der Waals surface area contributed by atoms with Crippen LogP contribution >= 0.6 is 11.3 Å². The van der Waals surface area contributed by atoms with Crippen molar-refractivity contribution in [2.45, 2.75) is 0 Å². The summed E-state index contributed by atoms with van der Waals surface area (Å²) in [6.07, 6.45) is 4.02. The van der Waals surface area contributed by atoms with E-state index in [1.54, 1.807) is 25.6 Å². The minimum atomic E-state index is 0.186. The van der Waals surface area contributed by atoms with E-state index >= 15 is 0 Å². The maximum Gasteiger partial charge on any atom is 0.188 e. The SMILES string of the molecule is CNc1ccc2nc(/C=C/c3ccc(OCOC)c(OC)c3)sc2c1. The van der Waals surface area contributed by atoms with E-state index in [0.717, 1.165) is 26.5 Å². The van der Waals surface area contributed by atoms with Gasteiger partial charge >= 0.3 is 0 Å². The molecule has 3 aromatic rings. The number of aromatic nitrogens is 1. The van der Waals surface area contributed by atoms with E-state index in [0.29, 0.717) is 11.5 Å². The van der Waals surface area contributed by atoms with Gasteiger partial charge in [0.2, 0.25) is 0 Å². The number of hydrogen-bond donors (Lipinski definition) is 1. The molecule has 0 radical (unpaired) electrons. The monoisotopic (exact) mass is 356 g/mol. The topological polar surface area (TPSA) is 52.6 Å². The van der Waals surface area contributed by atoms with Crippen LogP contribution in [0.5, 0.6) is 11.5 Å². The molecule has 0 spiro atoms. The van der Waals surface area contributed by atoms with Gasteiger partial charge in [-0.25, -0.2) is 4.98 Å². The molecule has 0 unspecified atom stereocenters. The van der Waals surface area contributed by atoms with E-state index in [4.69, 9.17) is 14.2 Å². The predicted octanol–water partition coefficient (Wildman–Crippen LogP) is 4.50. The van der Waals surface area contributed by atoms with Crippen LogP contribution in [0.25, 0.3) is 22.4 Å². The summed E-state index contributed by atoms with van der Waals surface area (Å²) in [6.45, 7) is 0.186. The molecule has 5 nitrogen and oxygen atoms in total. The van der Waals surface area contributed by atoms with Crippen molar-refractivity contribution in [1.82, 2.24) is 4.98 Å². The molecule has 3 rings (SSSR count). The van der Waals surface area contributed by atoms with Crippen molar-refractivity contribution in [1.29, 1.82) is 0 Å². The minimum Gasteiger partial charge on any atom is -0.493 e. The molecule has 0 amide bonds. The van der Waals surface area contributed by atoms with E-state index < -0.39 is 0 Å². The van der Waals surface area contributed by atoms with Gasteiger partial charge in [0.1, 0.15) is 5.01 Å². The highest BCUT2D eigenvalue weighted by Crippen LogP contribution is 2.30. The van der Waals surface area contributed by atoms with Gasteiger partial charge in [0.15, 0.2) is 18.3 Å². The Hall–Kier alpha value is -2.57. The number of fused-ring (bicyclic) bond motifs is 1. The number of ether oxygens (including phenoxy) is 3. The van der Waals surface area contributed by atoms with Crippen LogP contribution in [0.3, 0.4) is 0 Å². The highest BCUT2D eigenvalue weighted by molar-refractivity contribution is 7.19. The Balaban J connectivity index is 1.81. The first-order chi connectivity index (χ1) is 12.2. The summed E-state index contributed by atoms with van der Waals surface area (Å²) in [6, 6.07) is 11.9. The largest absolute Gasteiger partial charge is 0.493 e. The van der Waals surface area contributed by atoms with Gasteiger partial charge in [-0.2, -0.15) is 0 Å². The Morgan fingerprint density at radius 1 is 1.08 bits per heavy atom. The van der Waals surface area contributed by atoms with Crippen LogP contribution in [0.4, 0.5) is 5.69 Å². The molecular weight excluding hydrogens is 336 g/mol. The number of methoxy groups -OCH3 is 2. The molecule has 0 saturated carbocycles. The van der Waals surface area contributed by atoms with Gasteiger partial charge in [-0.15, -0.1) is 11.3 Å². The average molecular weight is 356 g/mol. The molecule has 1 heterocycles. The number of rotatable bonds is 7. The van der Waals surface area contributed by atoms with Crippen molar-refractivity contribution in [2.75, 3.05) is 33.4 Å². The molecule has 0 fully saturated rings. The maximum atomic E-state index is 5.47. The first kappa shape index (κ1) is 17.3. The van der Waals surface area contributed by atoms with Crippen molar-refractivity contribution >= 4 is 39.4 Å². The van der Waals surface area contributed by atoms with Crippen LogP contribution in [0, 0.1) is 0 Å². The Bertz CT molecular complexity index is 890. The van der Waals surface area contributed by atoms with Gasteiger partial charge < -0.3 is 19.5 Å². The summed E-state index contributed by atoms with van der Waals surface area (Å²) in [5.74, 6) is 1.32. The zero-order chi connectivity index (χ0) is 17.6. The Morgan fingerprint density at radius 3 is 2.72 bits per heavy atom. The van der Waals surface area contributed by atoms with Crippen LogP contribution in [-0.4, -0.2) is 33.0 Å². The third-order valence-corrected chi connectivity index (χ3v) is 4.62. The second-order valence-electron chi connectivity index (χ2n) is 5.28. The van der Waals surface area contributed by atoms with Crippen LogP contribution in [0.2, 0.25) is 0 Å². The standard InChI is InChI=1S/C19H20N2O3S/c1-20-14-6-7-15-18(11-14)25-19(21-15)9-5-13-4-8-16(24-12-22-2)17(10-13)23-3/h4-11,20H,12H2,1-3H3/b9-5+. The zero-order valence-electron chi connectivity index (χ0n) is 14.4. The maximum absolute atomic E-state index is 5.47. The zero-order valence-corrected chi connectivity index (χ0v) is 15.2. The van der Waals surface area contributed by atoms with Gasteiger partial charge in [0, 0.05) is 19.8 Å². The molecular formula is C19H20N2O3S. The number of benzene rings is 2. The van der Waals surface area contributed by atoms with E-state index in [1.165, 1.54) is 0 Å². The number of nitrogens with one attached hydrogen (secondary N) is 1. The smallest absolute Gasteiger partial charge is 0.188 e. The van der Waals surface area contributed by atoms with E-state index in [9.17, 15) is 0 Å². The molecule has 0 bridgehead atoms. The molecule has 1 aromatic heterocycles.